The Labute approximate surface area is 101 Å². The number of hydrogen-bond acceptors (Lipinski definition) is 2. The quantitative estimate of drug-likeness (QED) is 0.700. The topological polar surface area (TPSA) is 32.3 Å². The number of aliphatic hydroxyl groups excluding tert-OH is 1. The third-order valence-electron chi connectivity index (χ3n) is 3.93. The van der Waals surface area contributed by atoms with E-state index in [0.717, 1.165) is 31.3 Å². The van der Waals surface area contributed by atoms with E-state index >= 15 is 0 Å². The zero-order chi connectivity index (χ0) is 11.8. The third kappa shape index (κ3) is 5.31. The van der Waals surface area contributed by atoms with Crippen LogP contribution in [0.15, 0.2) is 0 Å². The van der Waals surface area contributed by atoms with E-state index in [1.54, 1.807) is 0 Å². The van der Waals surface area contributed by atoms with Gasteiger partial charge >= 0.3 is 0 Å². The third-order valence-corrected chi connectivity index (χ3v) is 3.93. The van der Waals surface area contributed by atoms with Crippen LogP contribution in [0.5, 0.6) is 0 Å². The lowest BCUT2D eigenvalue weighted by atomic mass is 9.83. The van der Waals surface area contributed by atoms with E-state index in [-0.39, 0.29) is 6.10 Å². The van der Waals surface area contributed by atoms with Gasteiger partial charge in [0, 0.05) is 6.04 Å². The maximum atomic E-state index is 9.46. The summed E-state index contributed by atoms with van der Waals surface area (Å²) in [5.41, 5.74) is 0. The highest BCUT2D eigenvalue weighted by atomic mass is 16.3. The molecule has 1 aliphatic rings. The van der Waals surface area contributed by atoms with Crippen molar-refractivity contribution in [3.63, 3.8) is 0 Å². The molecule has 0 bridgehead atoms. The van der Waals surface area contributed by atoms with Gasteiger partial charge in [-0.3, -0.25) is 0 Å². The minimum atomic E-state index is -0.107. The largest absolute Gasteiger partial charge is 0.393 e. The fourth-order valence-electron chi connectivity index (χ4n) is 2.72. The Morgan fingerprint density at radius 1 is 1.19 bits per heavy atom. The van der Waals surface area contributed by atoms with E-state index < -0.39 is 0 Å². The van der Waals surface area contributed by atoms with E-state index in [0.29, 0.717) is 0 Å². The zero-order valence-corrected chi connectivity index (χ0v) is 11.0. The molecular weight excluding hydrogens is 198 g/mol. The van der Waals surface area contributed by atoms with Gasteiger partial charge < -0.3 is 10.4 Å². The van der Waals surface area contributed by atoms with Gasteiger partial charge in [-0.05, 0) is 51.0 Å². The number of nitrogens with one attached hydrogen (secondary N) is 1. The molecule has 1 atom stereocenters. The second kappa shape index (κ2) is 8.08. The molecule has 2 heteroatoms. The normalized spacial score (nSPS) is 27.9. The summed E-state index contributed by atoms with van der Waals surface area (Å²) in [4.78, 5) is 0. The lowest BCUT2D eigenvalue weighted by Crippen LogP contribution is -2.34. The maximum absolute atomic E-state index is 9.46. The molecule has 1 aliphatic carbocycles. The van der Waals surface area contributed by atoms with Crippen molar-refractivity contribution in [1.29, 1.82) is 0 Å². The lowest BCUT2D eigenvalue weighted by molar-refractivity contribution is 0.156. The second-order valence-electron chi connectivity index (χ2n) is 5.31. The smallest absolute Gasteiger partial charge is 0.0549 e. The Bertz CT molecular complexity index is 164. The minimum Gasteiger partial charge on any atom is -0.393 e. The van der Waals surface area contributed by atoms with E-state index in [2.05, 4.69) is 12.2 Å². The van der Waals surface area contributed by atoms with Crippen LogP contribution in [0, 0.1) is 5.92 Å². The molecule has 1 unspecified atom stereocenters. The monoisotopic (exact) mass is 227 g/mol. The predicted octanol–water partition coefficient (Wildman–Crippen LogP) is 3.10. The van der Waals surface area contributed by atoms with Crippen molar-refractivity contribution in [2.45, 2.75) is 77.4 Å². The fraction of sp³-hybridized carbons (Fsp3) is 1.00. The Kier molecular flexibility index (Phi) is 7.06. The molecule has 0 aromatic carbocycles. The molecule has 1 rings (SSSR count). The van der Waals surface area contributed by atoms with Crippen LogP contribution in [0.3, 0.4) is 0 Å². The molecule has 1 fully saturated rings. The molecule has 16 heavy (non-hydrogen) atoms. The molecule has 0 aromatic rings. The number of hydrogen-bond donors (Lipinski definition) is 2. The molecular formula is C14H29NO. The Balaban J connectivity index is 2.03. The summed E-state index contributed by atoms with van der Waals surface area (Å²) in [6.45, 7) is 5.31. The van der Waals surface area contributed by atoms with Crippen molar-refractivity contribution in [3.05, 3.63) is 0 Å². The average molecular weight is 227 g/mol. The standard InChI is InChI=1S/C14H29NO/c1-3-5-12-6-8-13(9-7-12)15-11-10-14(16)4-2/h12-16H,3-11H2,1-2H3. The Hall–Kier alpha value is -0.0800. The van der Waals surface area contributed by atoms with Crippen LogP contribution in [0.2, 0.25) is 0 Å². The first-order valence-corrected chi connectivity index (χ1v) is 7.17. The molecule has 2 nitrogen and oxygen atoms in total. The van der Waals surface area contributed by atoms with E-state index in [9.17, 15) is 5.11 Å². The van der Waals surface area contributed by atoms with E-state index in [1.165, 1.54) is 38.5 Å². The molecule has 0 radical (unpaired) electrons. The van der Waals surface area contributed by atoms with Crippen molar-refractivity contribution >= 4 is 0 Å². The van der Waals surface area contributed by atoms with Gasteiger partial charge in [-0.2, -0.15) is 0 Å². The molecule has 0 amide bonds. The molecule has 0 saturated heterocycles. The highest BCUT2D eigenvalue weighted by molar-refractivity contribution is 4.77. The van der Waals surface area contributed by atoms with Crippen molar-refractivity contribution in [3.8, 4) is 0 Å². The van der Waals surface area contributed by atoms with E-state index in [4.69, 9.17) is 0 Å². The first-order chi connectivity index (χ1) is 7.76. The summed E-state index contributed by atoms with van der Waals surface area (Å²) in [6, 6.07) is 0.720. The van der Waals surface area contributed by atoms with Gasteiger partial charge in [0.15, 0.2) is 0 Å². The highest BCUT2D eigenvalue weighted by Crippen LogP contribution is 2.27. The van der Waals surface area contributed by atoms with Crippen LogP contribution in [-0.2, 0) is 0 Å². The molecule has 2 N–H and O–H groups in total. The van der Waals surface area contributed by atoms with Gasteiger partial charge in [-0.25, -0.2) is 0 Å². The first-order valence-electron chi connectivity index (χ1n) is 7.17. The van der Waals surface area contributed by atoms with Gasteiger partial charge in [-0.1, -0.05) is 26.7 Å². The summed E-state index contributed by atoms with van der Waals surface area (Å²) in [7, 11) is 0. The van der Waals surface area contributed by atoms with Crippen LogP contribution in [0.1, 0.15) is 65.2 Å². The van der Waals surface area contributed by atoms with Gasteiger partial charge in [0.2, 0.25) is 0 Å². The minimum absolute atomic E-state index is 0.107. The number of aliphatic hydroxyl groups is 1. The molecule has 0 heterocycles. The maximum Gasteiger partial charge on any atom is 0.0549 e. The average Bonchev–Trinajstić information content (AvgIpc) is 2.31. The fourth-order valence-corrected chi connectivity index (χ4v) is 2.72. The van der Waals surface area contributed by atoms with Crippen LogP contribution in [-0.4, -0.2) is 23.8 Å². The zero-order valence-electron chi connectivity index (χ0n) is 11.0. The summed E-state index contributed by atoms with van der Waals surface area (Å²) in [5.74, 6) is 0.990. The van der Waals surface area contributed by atoms with Gasteiger partial charge in [0.05, 0.1) is 6.10 Å². The lowest BCUT2D eigenvalue weighted by Gasteiger charge is -2.29. The van der Waals surface area contributed by atoms with Gasteiger partial charge in [0.1, 0.15) is 0 Å². The Morgan fingerprint density at radius 3 is 2.44 bits per heavy atom. The van der Waals surface area contributed by atoms with Crippen LogP contribution in [0.4, 0.5) is 0 Å². The summed E-state index contributed by atoms with van der Waals surface area (Å²) >= 11 is 0. The number of rotatable bonds is 7. The SMILES string of the molecule is CCCC1CCC(NCCC(O)CC)CC1. The molecule has 0 aliphatic heterocycles. The van der Waals surface area contributed by atoms with Gasteiger partial charge in [-0.15, -0.1) is 0 Å². The second-order valence-corrected chi connectivity index (χ2v) is 5.31. The van der Waals surface area contributed by atoms with Gasteiger partial charge in [0.25, 0.3) is 0 Å². The summed E-state index contributed by atoms with van der Waals surface area (Å²) in [5, 5.41) is 13.0. The first kappa shape index (κ1) is 14.0. The summed E-state index contributed by atoms with van der Waals surface area (Å²) in [6.07, 6.45) is 9.93. The molecule has 0 aromatic heterocycles. The van der Waals surface area contributed by atoms with Crippen LogP contribution >= 0.6 is 0 Å². The van der Waals surface area contributed by atoms with Crippen LogP contribution in [0.25, 0.3) is 0 Å². The molecule has 0 spiro atoms. The summed E-state index contributed by atoms with van der Waals surface area (Å²) < 4.78 is 0. The molecule has 96 valence electrons. The Morgan fingerprint density at radius 2 is 1.88 bits per heavy atom. The van der Waals surface area contributed by atoms with E-state index in [1.807, 2.05) is 6.92 Å². The molecule has 1 saturated carbocycles. The van der Waals surface area contributed by atoms with Crippen molar-refractivity contribution in [2.24, 2.45) is 5.92 Å². The predicted molar refractivity (Wildman–Crippen MR) is 69.6 cm³/mol. The van der Waals surface area contributed by atoms with Crippen molar-refractivity contribution in [2.75, 3.05) is 6.54 Å². The van der Waals surface area contributed by atoms with Crippen molar-refractivity contribution < 1.29 is 5.11 Å². The van der Waals surface area contributed by atoms with Crippen molar-refractivity contribution in [1.82, 2.24) is 5.32 Å². The van der Waals surface area contributed by atoms with Crippen LogP contribution < -0.4 is 5.32 Å². The highest BCUT2D eigenvalue weighted by Gasteiger charge is 2.19.